The van der Waals surface area contributed by atoms with Gasteiger partial charge in [0.1, 0.15) is 6.10 Å². The van der Waals surface area contributed by atoms with Crippen molar-refractivity contribution in [2.75, 3.05) is 25.9 Å². The molecule has 1 fully saturated rings. The standard InChI is InChI=1S/C20H26N4O3/c1-13-16(14(2)23-20(21)22-13)12-19(25)24-10-8-15(9-11-24)27-18-7-5-4-6-17(18)26-3/h4-7,15H,8-12H2,1-3H3,(H2,21,22,23). The van der Waals surface area contributed by atoms with Crippen LogP contribution in [0.4, 0.5) is 5.95 Å². The van der Waals surface area contributed by atoms with E-state index in [1.807, 2.05) is 43.0 Å². The second-order valence-corrected chi connectivity index (χ2v) is 6.76. The number of para-hydroxylation sites is 2. The second-order valence-electron chi connectivity index (χ2n) is 6.76. The zero-order chi connectivity index (χ0) is 19.4. The molecular weight excluding hydrogens is 344 g/mol. The number of amides is 1. The van der Waals surface area contributed by atoms with E-state index >= 15 is 0 Å². The maximum atomic E-state index is 12.7. The highest BCUT2D eigenvalue weighted by atomic mass is 16.5. The lowest BCUT2D eigenvalue weighted by Gasteiger charge is -2.32. The molecule has 1 amide bonds. The number of ether oxygens (including phenoxy) is 2. The number of nitrogens with two attached hydrogens (primary N) is 1. The summed E-state index contributed by atoms with van der Waals surface area (Å²) >= 11 is 0. The van der Waals surface area contributed by atoms with Gasteiger partial charge in [-0.05, 0) is 26.0 Å². The summed E-state index contributed by atoms with van der Waals surface area (Å²) in [7, 11) is 1.63. The molecule has 0 radical (unpaired) electrons. The van der Waals surface area contributed by atoms with Crippen molar-refractivity contribution in [3.63, 3.8) is 0 Å². The third-order valence-electron chi connectivity index (χ3n) is 4.92. The molecule has 7 heteroatoms. The maximum Gasteiger partial charge on any atom is 0.227 e. The molecule has 1 aromatic carbocycles. The van der Waals surface area contributed by atoms with Crippen LogP contribution in [-0.4, -0.2) is 47.1 Å². The van der Waals surface area contributed by atoms with Crippen molar-refractivity contribution in [3.05, 3.63) is 41.2 Å². The predicted molar refractivity (Wildman–Crippen MR) is 103 cm³/mol. The van der Waals surface area contributed by atoms with Crippen LogP contribution in [0.1, 0.15) is 29.8 Å². The summed E-state index contributed by atoms with van der Waals surface area (Å²) in [5.74, 6) is 1.81. The van der Waals surface area contributed by atoms with Crippen molar-refractivity contribution in [1.29, 1.82) is 0 Å². The number of benzene rings is 1. The monoisotopic (exact) mass is 370 g/mol. The summed E-state index contributed by atoms with van der Waals surface area (Å²) in [6, 6.07) is 7.63. The zero-order valence-corrected chi connectivity index (χ0v) is 16.1. The molecule has 0 saturated carbocycles. The molecule has 27 heavy (non-hydrogen) atoms. The highest BCUT2D eigenvalue weighted by Gasteiger charge is 2.25. The molecule has 0 atom stereocenters. The van der Waals surface area contributed by atoms with Gasteiger partial charge in [0.2, 0.25) is 11.9 Å². The minimum atomic E-state index is 0.0775. The zero-order valence-electron chi connectivity index (χ0n) is 16.1. The first-order valence-electron chi connectivity index (χ1n) is 9.15. The number of aromatic nitrogens is 2. The van der Waals surface area contributed by atoms with E-state index < -0.39 is 0 Å². The highest BCUT2D eigenvalue weighted by molar-refractivity contribution is 5.79. The lowest BCUT2D eigenvalue weighted by molar-refractivity contribution is -0.132. The van der Waals surface area contributed by atoms with Crippen LogP contribution < -0.4 is 15.2 Å². The summed E-state index contributed by atoms with van der Waals surface area (Å²) in [5, 5.41) is 0. The summed E-state index contributed by atoms with van der Waals surface area (Å²) in [5.41, 5.74) is 8.06. The van der Waals surface area contributed by atoms with Gasteiger partial charge in [-0.15, -0.1) is 0 Å². The number of nitrogen functional groups attached to an aromatic ring is 1. The van der Waals surface area contributed by atoms with E-state index in [1.54, 1.807) is 7.11 Å². The van der Waals surface area contributed by atoms with Gasteiger partial charge in [0.25, 0.3) is 0 Å². The molecular formula is C20H26N4O3. The van der Waals surface area contributed by atoms with E-state index in [1.165, 1.54) is 0 Å². The van der Waals surface area contributed by atoms with Gasteiger partial charge in [0.05, 0.1) is 13.5 Å². The average molecular weight is 370 g/mol. The molecule has 0 spiro atoms. The van der Waals surface area contributed by atoms with Crippen LogP contribution in [0.2, 0.25) is 0 Å². The molecule has 144 valence electrons. The molecule has 2 heterocycles. The Morgan fingerprint density at radius 2 is 1.74 bits per heavy atom. The number of anilines is 1. The van der Waals surface area contributed by atoms with Gasteiger partial charge in [0.15, 0.2) is 11.5 Å². The first-order valence-corrected chi connectivity index (χ1v) is 9.15. The Labute approximate surface area is 159 Å². The molecule has 0 aliphatic carbocycles. The Balaban J connectivity index is 1.57. The molecule has 7 nitrogen and oxygen atoms in total. The molecule has 0 bridgehead atoms. The molecule has 3 rings (SSSR count). The third-order valence-corrected chi connectivity index (χ3v) is 4.92. The largest absolute Gasteiger partial charge is 0.493 e. The molecule has 2 aromatic rings. The van der Waals surface area contributed by atoms with E-state index in [4.69, 9.17) is 15.2 Å². The fraction of sp³-hybridized carbons (Fsp3) is 0.450. The van der Waals surface area contributed by atoms with Crippen molar-refractivity contribution >= 4 is 11.9 Å². The smallest absolute Gasteiger partial charge is 0.227 e. The van der Waals surface area contributed by atoms with Gasteiger partial charge in [-0.2, -0.15) is 0 Å². The third kappa shape index (κ3) is 4.48. The van der Waals surface area contributed by atoms with E-state index in [-0.39, 0.29) is 18.0 Å². The molecule has 2 N–H and O–H groups in total. The minimum absolute atomic E-state index is 0.0775. The van der Waals surface area contributed by atoms with Crippen LogP contribution in [-0.2, 0) is 11.2 Å². The Kier molecular flexibility index (Phi) is 5.78. The van der Waals surface area contributed by atoms with Gasteiger partial charge in [-0.3, -0.25) is 4.79 Å². The van der Waals surface area contributed by atoms with Crippen molar-refractivity contribution in [2.24, 2.45) is 0 Å². The normalized spacial score (nSPS) is 14.9. The molecule has 1 aliphatic rings. The molecule has 1 aromatic heterocycles. The van der Waals surface area contributed by atoms with E-state index in [2.05, 4.69) is 9.97 Å². The van der Waals surface area contributed by atoms with E-state index in [9.17, 15) is 4.79 Å². The number of carbonyl (C=O) groups is 1. The summed E-state index contributed by atoms with van der Waals surface area (Å²) < 4.78 is 11.4. The maximum absolute atomic E-state index is 12.7. The lowest BCUT2D eigenvalue weighted by atomic mass is 10.0. The van der Waals surface area contributed by atoms with Crippen molar-refractivity contribution in [1.82, 2.24) is 14.9 Å². The molecule has 1 saturated heterocycles. The van der Waals surface area contributed by atoms with Crippen molar-refractivity contribution in [3.8, 4) is 11.5 Å². The quantitative estimate of drug-likeness (QED) is 0.868. The van der Waals surface area contributed by atoms with Crippen LogP contribution in [0, 0.1) is 13.8 Å². The van der Waals surface area contributed by atoms with E-state index in [0.29, 0.717) is 19.5 Å². The average Bonchev–Trinajstić information content (AvgIpc) is 2.65. The highest BCUT2D eigenvalue weighted by Crippen LogP contribution is 2.29. The van der Waals surface area contributed by atoms with Crippen LogP contribution in [0.5, 0.6) is 11.5 Å². The second kappa shape index (κ2) is 8.24. The number of likely N-dealkylation sites (tertiary alicyclic amines) is 1. The Morgan fingerprint density at radius 3 is 2.33 bits per heavy atom. The lowest BCUT2D eigenvalue weighted by Crippen LogP contribution is -2.42. The number of rotatable bonds is 5. The number of methoxy groups -OCH3 is 1. The number of carbonyl (C=O) groups excluding carboxylic acids is 1. The van der Waals surface area contributed by atoms with E-state index in [0.717, 1.165) is 41.3 Å². The summed E-state index contributed by atoms with van der Waals surface area (Å²) in [4.78, 5) is 22.9. The summed E-state index contributed by atoms with van der Waals surface area (Å²) in [6.07, 6.45) is 1.96. The number of piperidine rings is 1. The topological polar surface area (TPSA) is 90.6 Å². The Morgan fingerprint density at radius 1 is 1.15 bits per heavy atom. The molecule has 0 unspecified atom stereocenters. The minimum Gasteiger partial charge on any atom is -0.493 e. The fourth-order valence-corrected chi connectivity index (χ4v) is 3.40. The Bertz CT molecular complexity index is 794. The van der Waals surface area contributed by atoms with Crippen LogP contribution in [0.3, 0.4) is 0 Å². The first kappa shape index (κ1) is 18.9. The predicted octanol–water partition coefficient (Wildman–Crippen LogP) is 2.30. The van der Waals surface area contributed by atoms with Gasteiger partial charge in [-0.25, -0.2) is 9.97 Å². The number of aryl methyl sites for hydroxylation is 2. The molecule has 1 aliphatic heterocycles. The van der Waals surface area contributed by atoms with Crippen LogP contribution >= 0.6 is 0 Å². The summed E-state index contributed by atoms with van der Waals surface area (Å²) in [6.45, 7) is 5.07. The Hall–Kier alpha value is -2.83. The van der Waals surface area contributed by atoms with Gasteiger partial charge >= 0.3 is 0 Å². The van der Waals surface area contributed by atoms with Crippen molar-refractivity contribution < 1.29 is 14.3 Å². The van der Waals surface area contributed by atoms with Crippen LogP contribution in [0.15, 0.2) is 24.3 Å². The number of nitrogens with zero attached hydrogens (tertiary/aromatic N) is 3. The first-order chi connectivity index (χ1) is 13.0. The SMILES string of the molecule is COc1ccccc1OC1CCN(C(=O)Cc2c(C)nc(N)nc2C)CC1. The van der Waals surface area contributed by atoms with Crippen LogP contribution in [0.25, 0.3) is 0 Å². The van der Waals surface area contributed by atoms with Crippen molar-refractivity contribution in [2.45, 2.75) is 39.2 Å². The van der Waals surface area contributed by atoms with Gasteiger partial charge < -0.3 is 20.1 Å². The van der Waals surface area contributed by atoms with Gasteiger partial charge in [-0.1, -0.05) is 12.1 Å². The fourth-order valence-electron chi connectivity index (χ4n) is 3.40. The number of hydrogen-bond acceptors (Lipinski definition) is 6. The number of hydrogen-bond donors (Lipinski definition) is 1. The van der Waals surface area contributed by atoms with Gasteiger partial charge in [0, 0.05) is 42.9 Å².